The third-order valence-electron chi connectivity index (χ3n) is 3.14. The van der Waals surface area contributed by atoms with E-state index in [1.807, 2.05) is 24.3 Å². The highest BCUT2D eigenvalue weighted by Crippen LogP contribution is 2.26. The molecule has 88 valence electrons. The van der Waals surface area contributed by atoms with Crippen LogP contribution >= 0.6 is 0 Å². The summed E-state index contributed by atoms with van der Waals surface area (Å²) in [5.41, 5.74) is 7.32. The van der Waals surface area contributed by atoms with Crippen LogP contribution in [-0.2, 0) is 4.74 Å². The van der Waals surface area contributed by atoms with Crippen LogP contribution in [0.1, 0.15) is 37.4 Å². The average Bonchev–Trinajstić information content (AvgIpc) is 2.79. The maximum atomic E-state index is 10.0. The van der Waals surface area contributed by atoms with Crippen LogP contribution in [0.25, 0.3) is 0 Å². The Balaban J connectivity index is 1.87. The Bertz CT molecular complexity index is 334. The lowest BCUT2D eigenvalue weighted by atomic mass is 10.0. The Labute approximate surface area is 96.2 Å². The van der Waals surface area contributed by atoms with Crippen molar-refractivity contribution in [3.8, 4) is 0 Å². The van der Waals surface area contributed by atoms with E-state index < -0.39 is 6.10 Å². The van der Waals surface area contributed by atoms with Crippen molar-refractivity contribution in [2.45, 2.75) is 37.9 Å². The minimum Gasteiger partial charge on any atom is -0.398 e. The molecule has 0 radical (unpaired) electrons. The van der Waals surface area contributed by atoms with Crippen LogP contribution in [0.15, 0.2) is 24.3 Å². The summed E-state index contributed by atoms with van der Waals surface area (Å²) in [5, 5.41) is 10.0. The number of benzene rings is 1. The summed E-state index contributed by atoms with van der Waals surface area (Å²) in [6, 6.07) is 7.49. The summed E-state index contributed by atoms with van der Waals surface area (Å²) >= 11 is 0. The first-order chi connectivity index (χ1) is 7.77. The molecule has 0 aliphatic carbocycles. The van der Waals surface area contributed by atoms with Crippen LogP contribution in [0.2, 0.25) is 0 Å². The molecule has 3 nitrogen and oxygen atoms in total. The van der Waals surface area contributed by atoms with Crippen LogP contribution in [0.5, 0.6) is 0 Å². The van der Waals surface area contributed by atoms with E-state index in [4.69, 9.17) is 10.5 Å². The summed E-state index contributed by atoms with van der Waals surface area (Å²) in [6.45, 7) is 0.869. The number of nitrogens with two attached hydrogens (primary N) is 1. The van der Waals surface area contributed by atoms with E-state index in [2.05, 4.69) is 0 Å². The smallest absolute Gasteiger partial charge is 0.0810 e. The van der Waals surface area contributed by atoms with Crippen molar-refractivity contribution >= 4 is 5.69 Å². The number of para-hydroxylation sites is 1. The quantitative estimate of drug-likeness (QED) is 0.767. The van der Waals surface area contributed by atoms with Gasteiger partial charge in [-0.15, -0.1) is 0 Å². The number of anilines is 1. The van der Waals surface area contributed by atoms with Crippen molar-refractivity contribution in [1.29, 1.82) is 0 Å². The molecule has 0 spiro atoms. The van der Waals surface area contributed by atoms with Crippen molar-refractivity contribution in [1.82, 2.24) is 0 Å². The minimum absolute atomic E-state index is 0.333. The van der Waals surface area contributed by atoms with Crippen LogP contribution < -0.4 is 5.73 Å². The second-order valence-electron chi connectivity index (χ2n) is 4.36. The van der Waals surface area contributed by atoms with E-state index in [0.717, 1.165) is 37.9 Å². The van der Waals surface area contributed by atoms with Crippen molar-refractivity contribution in [2.24, 2.45) is 0 Å². The fraction of sp³-hybridized carbons (Fsp3) is 0.538. The normalized spacial score (nSPS) is 22.2. The van der Waals surface area contributed by atoms with E-state index in [9.17, 15) is 5.11 Å². The van der Waals surface area contributed by atoms with Gasteiger partial charge < -0.3 is 15.6 Å². The van der Waals surface area contributed by atoms with E-state index in [-0.39, 0.29) is 0 Å². The lowest BCUT2D eigenvalue weighted by Gasteiger charge is -2.15. The Morgan fingerprint density at radius 2 is 2.25 bits per heavy atom. The van der Waals surface area contributed by atoms with Gasteiger partial charge in [0.05, 0.1) is 12.2 Å². The van der Waals surface area contributed by atoms with Gasteiger partial charge in [-0.2, -0.15) is 0 Å². The summed E-state index contributed by atoms with van der Waals surface area (Å²) in [7, 11) is 0. The van der Waals surface area contributed by atoms with Crippen LogP contribution in [0.4, 0.5) is 5.69 Å². The monoisotopic (exact) mass is 221 g/mol. The fourth-order valence-corrected chi connectivity index (χ4v) is 2.19. The summed E-state index contributed by atoms with van der Waals surface area (Å²) < 4.78 is 5.53. The van der Waals surface area contributed by atoms with Crippen LogP contribution in [0.3, 0.4) is 0 Å². The lowest BCUT2D eigenvalue weighted by molar-refractivity contribution is 0.0814. The van der Waals surface area contributed by atoms with E-state index in [1.54, 1.807) is 0 Å². The molecule has 1 aliphatic heterocycles. The van der Waals surface area contributed by atoms with Gasteiger partial charge in [-0.3, -0.25) is 0 Å². The van der Waals surface area contributed by atoms with Crippen LogP contribution in [0, 0.1) is 0 Å². The molecule has 1 saturated heterocycles. The van der Waals surface area contributed by atoms with Crippen molar-refractivity contribution in [2.75, 3.05) is 12.3 Å². The van der Waals surface area contributed by atoms with E-state index in [1.165, 1.54) is 0 Å². The Morgan fingerprint density at radius 3 is 2.94 bits per heavy atom. The fourth-order valence-electron chi connectivity index (χ4n) is 2.19. The Hall–Kier alpha value is -1.06. The van der Waals surface area contributed by atoms with E-state index >= 15 is 0 Å². The molecule has 3 N–H and O–H groups in total. The topological polar surface area (TPSA) is 55.5 Å². The molecule has 1 aliphatic rings. The average molecular weight is 221 g/mol. The number of ether oxygens (including phenoxy) is 1. The number of hydrogen-bond acceptors (Lipinski definition) is 3. The first-order valence-electron chi connectivity index (χ1n) is 5.91. The van der Waals surface area contributed by atoms with E-state index in [0.29, 0.717) is 11.8 Å². The first kappa shape index (κ1) is 11.4. The van der Waals surface area contributed by atoms with Gasteiger partial charge in [-0.25, -0.2) is 0 Å². The maximum Gasteiger partial charge on any atom is 0.0810 e. The highest BCUT2D eigenvalue weighted by molar-refractivity contribution is 5.47. The highest BCUT2D eigenvalue weighted by Gasteiger charge is 2.18. The molecule has 1 heterocycles. The molecule has 0 bridgehead atoms. The number of aliphatic hydroxyl groups is 1. The molecule has 1 aromatic rings. The van der Waals surface area contributed by atoms with Gasteiger partial charge in [0.25, 0.3) is 0 Å². The second-order valence-corrected chi connectivity index (χ2v) is 4.36. The molecule has 0 amide bonds. The van der Waals surface area contributed by atoms with Crippen molar-refractivity contribution in [3.05, 3.63) is 29.8 Å². The van der Waals surface area contributed by atoms with Gasteiger partial charge in [-0.1, -0.05) is 18.2 Å². The largest absolute Gasteiger partial charge is 0.398 e. The molecule has 2 rings (SSSR count). The number of aliphatic hydroxyl groups excluding tert-OH is 1. The third kappa shape index (κ3) is 2.74. The zero-order chi connectivity index (χ0) is 11.4. The van der Waals surface area contributed by atoms with Gasteiger partial charge in [0.1, 0.15) is 0 Å². The standard InChI is InChI=1S/C13H19NO2/c14-12-6-2-1-5-11(12)13(15)8-7-10-4-3-9-16-10/h1-2,5-6,10,13,15H,3-4,7-9,14H2. The molecule has 2 atom stereocenters. The van der Waals surface area contributed by atoms with Gasteiger partial charge in [0.2, 0.25) is 0 Å². The zero-order valence-corrected chi connectivity index (χ0v) is 9.43. The number of rotatable bonds is 4. The minimum atomic E-state index is -0.467. The molecule has 1 aromatic carbocycles. The second kappa shape index (κ2) is 5.32. The van der Waals surface area contributed by atoms with Crippen LogP contribution in [-0.4, -0.2) is 17.8 Å². The molecule has 0 aromatic heterocycles. The van der Waals surface area contributed by atoms with Gasteiger partial charge in [-0.05, 0) is 31.7 Å². The maximum absolute atomic E-state index is 10.0. The molecule has 1 fully saturated rings. The lowest BCUT2D eigenvalue weighted by Crippen LogP contribution is -2.09. The van der Waals surface area contributed by atoms with Crippen molar-refractivity contribution in [3.63, 3.8) is 0 Å². The molecule has 2 unspecified atom stereocenters. The molecule has 16 heavy (non-hydrogen) atoms. The predicted octanol–water partition coefficient (Wildman–Crippen LogP) is 2.26. The molecule has 3 heteroatoms. The van der Waals surface area contributed by atoms with Gasteiger partial charge >= 0.3 is 0 Å². The van der Waals surface area contributed by atoms with Crippen molar-refractivity contribution < 1.29 is 9.84 Å². The Kier molecular flexibility index (Phi) is 3.80. The summed E-state index contributed by atoms with van der Waals surface area (Å²) in [6.07, 6.45) is 3.77. The molecular formula is C13H19NO2. The summed E-state index contributed by atoms with van der Waals surface area (Å²) in [4.78, 5) is 0. The molecule has 0 saturated carbocycles. The predicted molar refractivity (Wildman–Crippen MR) is 64.0 cm³/mol. The van der Waals surface area contributed by atoms with Gasteiger partial charge in [0.15, 0.2) is 0 Å². The Morgan fingerprint density at radius 1 is 1.44 bits per heavy atom. The number of nitrogen functional groups attached to an aromatic ring is 1. The number of hydrogen-bond donors (Lipinski definition) is 2. The summed E-state index contributed by atoms with van der Waals surface area (Å²) in [5.74, 6) is 0. The van der Waals surface area contributed by atoms with Gasteiger partial charge in [0, 0.05) is 17.9 Å². The highest BCUT2D eigenvalue weighted by atomic mass is 16.5. The SMILES string of the molecule is Nc1ccccc1C(O)CCC1CCCO1. The zero-order valence-electron chi connectivity index (χ0n) is 9.43. The molecular weight excluding hydrogens is 202 g/mol. The third-order valence-corrected chi connectivity index (χ3v) is 3.14. The first-order valence-corrected chi connectivity index (χ1v) is 5.91.